The van der Waals surface area contributed by atoms with E-state index in [4.69, 9.17) is 20.6 Å². The second-order valence-electron chi connectivity index (χ2n) is 5.59. The Morgan fingerprint density at radius 2 is 1.71 bits per heavy atom. The predicted octanol–water partition coefficient (Wildman–Crippen LogP) is 2.65. The molecule has 0 radical (unpaired) electrons. The maximum absolute atomic E-state index is 12.8. The van der Waals surface area contributed by atoms with E-state index in [9.17, 15) is 8.42 Å². The Labute approximate surface area is 166 Å². The molecule has 0 saturated carbocycles. The van der Waals surface area contributed by atoms with Crippen molar-refractivity contribution < 1.29 is 22.6 Å². The second-order valence-corrected chi connectivity index (χ2v) is 8.20. The molecule has 1 heterocycles. The molecule has 1 aromatic heterocycles. The van der Waals surface area contributed by atoms with Gasteiger partial charge in [-0.05, 0) is 24.3 Å². The highest BCUT2D eigenvalue weighted by Gasteiger charge is 2.16. The van der Waals surface area contributed by atoms with Crippen molar-refractivity contribution in [1.82, 2.24) is 4.57 Å². The molecule has 0 bridgehead atoms. The van der Waals surface area contributed by atoms with Gasteiger partial charge in [0.05, 0.1) is 43.0 Å². The van der Waals surface area contributed by atoms with Gasteiger partial charge < -0.3 is 18.8 Å². The van der Waals surface area contributed by atoms with E-state index in [1.165, 1.54) is 44.8 Å². The lowest BCUT2D eigenvalue weighted by Gasteiger charge is -2.08. The molecule has 0 fully saturated rings. The quantitative estimate of drug-likeness (QED) is 0.575. The minimum absolute atomic E-state index is 0.0631. The number of terminal acetylenes is 1. The molecular formula is C19H18N2O5S2. The number of ether oxygens (including phenoxy) is 3. The fraction of sp³-hybridized carbons (Fsp3) is 0.211. The van der Waals surface area contributed by atoms with Crippen LogP contribution in [0.2, 0.25) is 0 Å². The molecule has 3 rings (SSSR count). The zero-order valence-electron chi connectivity index (χ0n) is 15.5. The molecule has 7 nitrogen and oxygen atoms in total. The molecule has 0 spiro atoms. The molecule has 2 aromatic carbocycles. The molecule has 0 atom stereocenters. The third-order valence-corrected chi connectivity index (χ3v) is 6.43. The van der Waals surface area contributed by atoms with Crippen molar-refractivity contribution in [2.75, 3.05) is 21.3 Å². The van der Waals surface area contributed by atoms with E-state index in [0.29, 0.717) is 22.8 Å². The van der Waals surface area contributed by atoms with Crippen molar-refractivity contribution in [2.45, 2.75) is 11.4 Å². The maximum Gasteiger partial charge on any atom is 0.285 e. The van der Waals surface area contributed by atoms with Gasteiger partial charge in [-0.1, -0.05) is 17.3 Å². The maximum atomic E-state index is 12.8. The number of methoxy groups -OCH3 is 3. The standard InChI is InChI=1S/C19H18N2O5S2/c1-5-10-21-15-11-16(25-3)17(26-4)12-18(15)27-19(21)20-28(22,23)14-8-6-13(24-2)7-9-14/h1,6-9,11-12H,10H2,2-4H3/b20-19-. The minimum Gasteiger partial charge on any atom is -0.497 e. The van der Waals surface area contributed by atoms with Crippen molar-refractivity contribution in [3.8, 4) is 29.6 Å². The van der Waals surface area contributed by atoms with Crippen LogP contribution in [0.3, 0.4) is 0 Å². The number of rotatable bonds is 6. The van der Waals surface area contributed by atoms with Gasteiger partial charge in [0.1, 0.15) is 5.75 Å². The Hall–Kier alpha value is -2.96. The minimum atomic E-state index is -3.93. The Bertz CT molecular complexity index is 1220. The number of hydrogen-bond acceptors (Lipinski definition) is 6. The van der Waals surface area contributed by atoms with Crippen molar-refractivity contribution >= 4 is 31.6 Å². The third-order valence-electron chi connectivity index (χ3n) is 3.99. The molecule has 9 heteroatoms. The Morgan fingerprint density at radius 3 is 2.29 bits per heavy atom. The molecule has 0 aliphatic rings. The largest absolute Gasteiger partial charge is 0.497 e. The topological polar surface area (TPSA) is 79.1 Å². The molecule has 3 aromatic rings. The van der Waals surface area contributed by atoms with E-state index in [0.717, 1.165) is 4.70 Å². The van der Waals surface area contributed by atoms with Gasteiger partial charge in [-0.2, -0.15) is 8.42 Å². The first-order valence-electron chi connectivity index (χ1n) is 8.07. The first-order chi connectivity index (χ1) is 13.4. The van der Waals surface area contributed by atoms with Gasteiger partial charge >= 0.3 is 0 Å². The smallest absolute Gasteiger partial charge is 0.285 e. The normalized spacial score (nSPS) is 12.0. The van der Waals surface area contributed by atoms with E-state index >= 15 is 0 Å². The lowest BCUT2D eigenvalue weighted by atomic mass is 10.3. The first kappa shape index (κ1) is 19.8. The average molecular weight is 418 g/mol. The summed E-state index contributed by atoms with van der Waals surface area (Å²) in [5.74, 6) is 4.15. The van der Waals surface area contributed by atoms with Crippen LogP contribution in [0.1, 0.15) is 0 Å². The summed E-state index contributed by atoms with van der Waals surface area (Å²) in [4.78, 5) is 0.326. The zero-order valence-corrected chi connectivity index (χ0v) is 17.1. The van der Waals surface area contributed by atoms with E-state index in [-0.39, 0.29) is 16.2 Å². The van der Waals surface area contributed by atoms with Crippen LogP contribution in [0.15, 0.2) is 45.7 Å². The van der Waals surface area contributed by atoms with Crippen molar-refractivity contribution in [2.24, 2.45) is 4.40 Å². The summed E-state index contributed by atoms with van der Waals surface area (Å²) in [6.45, 7) is 0.159. The predicted molar refractivity (Wildman–Crippen MR) is 107 cm³/mol. The molecule has 28 heavy (non-hydrogen) atoms. The number of thiazole rings is 1. The number of fused-ring (bicyclic) bond motifs is 1. The summed E-state index contributed by atoms with van der Waals surface area (Å²) in [5, 5.41) is 0. The molecule has 0 N–H and O–H groups in total. The Balaban J connectivity index is 2.22. The van der Waals surface area contributed by atoms with Crippen molar-refractivity contribution in [1.29, 1.82) is 0 Å². The number of hydrogen-bond donors (Lipinski definition) is 0. The molecule has 0 amide bonds. The molecule has 146 valence electrons. The molecule has 0 unspecified atom stereocenters. The number of aromatic nitrogens is 1. The van der Waals surface area contributed by atoms with E-state index in [2.05, 4.69) is 10.3 Å². The van der Waals surface area contributed by atoms with Crippen LogP contribution in [0.5, 0.6) is 17.2 Å². The summed E-state index contributed by atoms with van der Waals surface area (Å²) in [6, 6.07) is 9.55. The molecule has 0 aliphatic carbocycles. The molecule has 0 saturated heterocycles. The van der Waals surface area contributed by atoms with Gasteiger partial charge in [-0.25, -0.2) is 0 Å². The molecular weight excluding hydrogens is 400 g/mol. The molecule has 0 aliphatic heterocycles. The summed E-state index contributed by atoms with van der Waals surface area (Å²) >= 11 is 1.20. The lowest BCUT2D eigenvalue weighted by Crippen LogP contribution is -2.16. The van der Waals surface area contributed by atoms with Crippen LogP contribution >= 0.6 is 11.3 Å². The van der Waals surface area contributed by atoms with Crippen molar-refractivity contribution in [3.05, 3.63) is 41.2 Å². The highest BCUT2D eigenvalue weighted by molar-refractivity contribution is 7.90. The summed E-state index contributed by atoms with van der Waals surface area (Å²) in [5.41, 5.74) is 0.712. The summed E-state index contributed by atoms with van der Waals surface area (Å²) in [6.07, 6.45) is 5.49. The summed E-state index contributed by atoms with van der Waals surface area (Å²) < 4.78 is 47.7. The van der Waals surface area contributed by atoms with Gasteiger partial charge in [-0.3, -0.25) is 0 Å². The van der Waals surface area contributed by atoms with Crippen molar-refractivity contribution in [3.63, 3.8) is 0 Å². The van der Waals surface area contributed by atoms with Gasteiger partial charge in [0.2, 0.25) is 4.80 Å². The third kappa shape index (κ3) is 3.69. The Kier molecular flexibility index (Phi) is 5.63. The second kappa shape index (κ2) is 7.96. The monoisotopic (exact) mass is 418 g/mol. The van der Waals surface area contributed by atoms with Crippen LogP contribution < -0.4 is 19.0 Å². The highest BCUT2D eigenvalue weighted by Crippen LogP contribution is 2.33. The van der Waals surface area contributed by atoms with E-state index in [1.807, 2.05) is 0 Å². The highest BCUT2D eigenvalue weighted by atomic mass is 32.2. The van der Waals surface area contributed by atoms with Gasteiger partial charge in [0.15, 0.2) is 11.5 Å². The fourth-order valence-electron chi connectivity index (χ4n) is 2.61. The van der Waals surface area contributed by atoms with Gasteiger partial charge in [-0.15, -0.1) is 10.8 Å². The Morgan fingerprint density at radius 1 is 1.07 bits per heavy atom. The van der Waals surface area contributed by atoms with E-state index in [1.54, 1.807) is 28.8 Å². The van der Waals surface area contributed by atoms with Crippen LogP contribution in [0, 0.1) is 12.3 Å². The number of nitrogens with zero attached hydrogens (tertiary/aromatic N) is 2. The average Bonchev–Trinajstić information content (AvgIpc) is 3.02. The zero-order chi connectivity index (χ0) is 20.3. The van der Waals surface area contributed by atoms with Crippen LogP contribution in [0.4, 0.5) is 0 Å². The number of sulfonamides is 1. The van der Waals surface area contributed by atoms with Crippen LogP contribution in [0.25, 0.3) is 10.2 Å². The number of benzene rings is 2. The fourth-order valence-corrected chi connectivity index (χ4v) is 4.86. The summed E-state index contributed by atoms with van der Waals surface area (Å²) in [7, 11) is 0.643. The van der Waals surface area contributed by atoms with Gasteiger partial charge in [0, 0.05) is 12.1 Å². The van der Waals surface area contributed by atoms with Crippen LogP contribution in [-0.4, -0.2) is 34.3 Å². The first-order valence-corrected chi connectivity index (χ1v) is 10.3. The van der Waals surface area contributed by atoms with Crippen LogP contribution in [-0.2, 0) is 16.6 Å². The lowest BCUT2D eigenvalue weighted by molar-refractivity contribution is 0.355. The van der Waals surface area contributed by atoms with E-state index < -0.39 is 10.0 Å². The SMILES string of the molecule is C#CCn1/c(=N/S(=O)(=O)c2ccc(OC)cc2)sc2cc(OC)c(OC)cc21. The van der Waals surface area contributed by atoms with Gasteiger partial charge in [0.25, 0.3) is 10.0 Å².